The van der Waals surface area contributed by atoms with Gasteiger partial charge in [-0.05, 0) is 25.7 Å². The summed E-state index contributed by atoms with van der Waals surface area (Å²) in [5, 5.41) is 20.2. The maximum Gasteiger partial charge on any atom is 2.00 e. The molecule has 0 aliphatic rings. The van der Waals surface area contributed by atoms with Gasteiger partial charge < -0.3 is 19.8 Å². The standard InChI is InChI=1S/2C12H24O2.2CH4.Sn/c2*1-2-3-4-5-6-7-8-9-10-11-12(13)14;;;/h2*2-11H2,1H3,(H,13,14);2*1H4;/q;;;;+2/p-2. The second-order valence-electron chi connectivity index (χ2n) is 7.90. The number of carbonyl (C=O) groups excluding carboxylic acids is 2. The normalized spacial score (nSPS) is 9.35. The average molecular weight is 549 g/mol. The Labute approximate surface area is 212 Å². The molecule has 0 aliphatic carbocycles. The zero-order valence-electron chi connectivity index (χ0n) is 19.3. The Balaban J connectivity index is -0.000000133. The minimum Gasteiger partial charge on any atom is -0.550 e. The summed E-state index contributed by atoms with van der Waals surface area (Å²) >= 11 is 0. The first-order valence-corrected chi connectivity index (χ1v) is 11.9. The van der Waals surface area contributed by atoms with Gasteiger partial charge >= 0.3 is 23.9 Å². The minimum absolute atomic E-state index is 0. The van der Waals surface area contributed by atoms with Gasteiger partial charge in [0.2, 0.25) is 0 Å². The van der Waals surface area contributed by atoms with E-state index in [1.807, 2.05) is 0 Å². The molecule has 5 heteroatoms. The Morgan fingerprint density at radius 3 is 0.839 bits per heavy atom. The number of carboxylic acids is 2. The third kappa shape index (κ3) is 48.4. The van der Waals surface area contributed by atoms with Crippen LogP contribution in [0, 0.1) is 0 Å². The molecular formula is C26H54O4Sn. The van der Waals surface area contributed by atoms with Crippen LogP contribution in [0.1, 0.15) is 157 Å². The van der Waals surface area contributed by atoms with E-state index >= 15 is 0 Å². The van der Waals surface area contributed by atoms with Gasteiger partial charge in [-0.2, -0.15) is 0 Å². The van der Waals surface area contributed by atoms with E-state index in [2.05, 4.69) is 13.8 Å². The van der Waals surface area contributed by atoms with Gasteiger partial charge in [-0.1, -0.05) is 131 Å². The van der Waals surface area contributed by atoms with Crippen molar-refractivity contribution in [1.29, 1.82) is 0 Å². The van der Waals surface area contributed by atoms with E-state index in [0.29, 0.717) is 0 Å². The molecule has 31 heavy (non-hydrogen) atoms. The van der Waals surface area contributed by atoms with Crippen molar-refractivity contribution < 1.29 is 19.8 Å². The molecule has 0 atom stereocenters. The molecule has 0 aromatic heterocycles. The average Bonchev–Trinajstić information content (AvgIpc) is 2.65. The number of hydrogen-bond donors (Lipinski definition) is 0. The fraction of sp³-hybridized carbons (Fsp3) is 0.923. The van der Waals surface area contributed by atoms with Crippen LogP contribution in [-0.2, 0) is 9.59 Å². The number of carboxylic acid groups (broad SMARTS) is 2. The Hall–Kier alpha value is -0.261. The second kappa shape index (κ2) is 37.1. The van der Waals surface area contributed by atoms with E-state index in [-0.39, 0.29) is 51.6 Å². The van der Waals surface area contributed by atoms with Gasteiger partial charge in [0, 0.05) is 11.9 Å². The zero-order chi connectivity index (χ0) is 21.3. The molecule has 4 nitrogen and oxygen atoms in total. The SMILES string of the molecule is C.C.CCCCCCCCCCCC(=O)[O-].CCCCCCCCCCCC(=O)[O-].[Sn+2]. The topological polar surface area (TPSA) is 80.3 Å². The molecule has 0 spiro atoms. The predicted molar refractivity (Wildman–Crippen MR) is 133 cm³/mol. The number of aliphatic carboxylic acids is 2. The molecule has 0 N–H and O–H groups in total. The molecule has 0 unspecified atom stereocenters. The first-order chi connectivity index (χ1) is 13.5. The fourth-order valence-corrected chi connectivity index (χ4v) is 3.16. The molecule has 0 aromatic rings. The number of unbranched alkanes of at least 4 members (excludes halogenated alkanes) is 16. The molecular weight excluding hydrogens is 495 g/mol. The summed E-state index contributed by atoms with van der Waals surface area (Å²) in [5.41, 5.74) is 0. The Morgan fingerprint density at radius 2 is 0.645 bits per heavy atom. The van der Waals surface area contributed by atoms with Crippen molar-refractivity contribution in [3.63, 3.8) is 0 Å². The molecule has 0 amide bonds. The molecule has 2 radical (unpaired) electrons. The first kappa shape index (κ1) is 41.0. The van der Waals surface area contributed by atoms with Gasteiger partial charge in [0.15, 0.2) is 0 Å². The largest absolute Gasteiger partial charge is 2.00 e. The number of hydrogen-bond acceptors (Lipinski definition) is 4. The summed E-state index contributed by atoms with van der Waals surface area (Å²) in [4.78, 5) is 20.2. The van der Waals surface area contributed by atoms with Crippen LogP contribution < -0.4 is 10.2 Å². The maximum absolute atomic E-state index is 10.1. The van der Waals surface area contributed by atoms with Crippen molar-refractivity contribution >= 4 is 35.8 Å². The zero-order valence-corrected chi connectivity index (χ0v) is 22.1. The third-order valence-electron chi connectivity index (χ3n) is 4.97. The second-order valence-corrected chi connectivity index (χ2v) is 7.90. The van der Waals surface area contributed by atoms with Crippen molar-refractivity contribution in [3.05, 3.63) is 0 Å². The third-order valence-corrected chi connectivity index (χ3v) is 4.97. The van der Waals surface area contributed by atoms with Crippen molar-refractivity contribution in [1.82, 2.24) is 0 Å². The Bertz CT molecular complexity index is 303. The van der Waals surface area contributed by atoms with Crippen LogP contribution in [0.2, 0.25) is 0 Å². The van der Waals surface area contributed by atoms with Crippen molar-refractivity contribution in [2.45, 2.75) is 157 Å². The summed E-state index contributed by atoms with van der Waals surface area (Å²) in [6.45, 7) is 4.44. The summed E-state index contributed by atoms with van der Waals surface area (Å²) in [6, 6.07) is 0. The van der Waals surface area contributed by atoms with Crippen LogP contribution in [0.25, 0.3) is 0 Å². The molecule has 186 valence electrons. The quantitative estimate of drug-likeness (QED) is 0.134. The van der Waals surface area contributed by atoms with Crippen LogP contribution in [0.15, 0.2) is 0 Å². The van der Waals surface area contributed by atoms with Crippen LogP contribution in [-0.4, -0.2) is 35.8 Å². The van der Waals surface area contributed by atoms with E-state index in [9.17, 15) is 19.8 Å². The summed E-state index contributed by atoms with van der Waals surface area (Å²) in [5.74, 6) is -1.82. The maximum atomic E-state index is 10.1. The Kier molecular flexibility index (Phi) is 49.1. The number of rotatable bonds is 20. The molecule has 0 saturated heterocycles. The Morgan fingerprint density at radius 1 is 0.452 bits per heavy atom. The van der Waals surface area contributed by atoms with Crippen molar-refractivity contribution in [2.24, 2.45) is 0 Å². The molecule has 0 rings (SSSR count). The van der Waals surface area contributed by atoms with E-state index in [0.717, 1.165) is 25.7 Å². The van der Waals surface area contributed by atoms with Crippen molar-refractivity contribution in [2.75, 3.05) is 0 Å². The van der Waals surface area contributed by atoms with E-state index in [4.69, 9.17) is 0 Å². The summed E-state index contributed by atoms with van der Waals surface area (Å²) in [7, 11) is 0. The molecule has 0 aliphatic heterocycles. The van der Waals surface area contributed by atoms with Crippen LogP contribution in [0.4, 0.5) is 0 Å². The minimum atomic E-state index is -0.909. The van der Waals surface area contributed by atoms with Gasteiger partial charge in [-0.15, -0.1) is 0 Å². The fourth-order valence-electron chi connectivity index (χ4n) is 3.16. The summed E-state index contributed by atoms with van der Waals surface area (Å²) in [6.07, 6.45) is 22.3. The van der Waals surface area contributed by atoms with Crippen molar-refractivity contribution in [3.8, 4) is 0 Å². The molecule has 0 fully saturated rings. The van der Waals surface area contributed by atoms with Crippen LogP contribution >= 0.6 is 0 Å². The molecule has 0 saturated carbocycles. The predicted octanol–water partition coefficient (Wildman–Crippen LogP) is 6.21. The van der Waals surface area contributed by atoms with Gasteiger partial charge in [-0.3, -0.25) is 0 Å². The summed E-state index contributed by atoms with van der Waals surface area (Å²) < 4.78 is 0. The molecule has 0 aromatic carbocycles. The first-order valence-electron chi connectivity index (χ1n) is 11.9. The van der Waals surface area contributed by atoms with E-state index in [1.54, 1.807) is 0 Å². The van der Waals surface area contributed by atoms with Crippen LogP contribution in [0.3, 0.4) is 0 Å². The van der Waals surface area contributed by atoms with Gasteiger partial charge in [0.25, 0.3) is 0 Å². The van der Waals surface area contributed by atoms with E-state index < -0.39 is 11.9 Å². The monoisotopic (exact) mass is 550 g/mol. The number of carbonyl (C=O) groups is 2. The van der Waals surface area contributed by atoms with Gasteiger partial charge in [0.1, 0.15) is 0 Å². The van der Waals surface area contributed by atoms with Gasteiger partial charge in [-0.25, -0.2) is 0 Å². The molecule has 0 heterocycles. The van der Waals surface area contributed by atoms with Gasteiger partial charge in [0.05, 0.1) is 0 Å². The van der Waals surface area contributed by atoms with Crippen LogP contribution in [0.5, 0.6) is 0 Å². The smallest absolute Gasteiger partial charge is 0.550 e. The van der Waals surface area contributed by atoms with E-state index in [1.165, 1.54) is 89.9 Å². The molecule has 0 bridgehead atoms.